The number of carbonyl (C=O) groups is 2. The zero-order chi connectivity index (χ0) is 18.1. The zero-order valence-corrected chi connectivity index (χ0v) is 15.1. The highest BCUT2D eigenvalue weighted by Gasteiger charge is 2.39. The van der Waals surface area contributed by atoms with Gasteiger partial charge in [-0.15, -0.1) is 0 Å². The van der Waals surface area contributed by atoms with Crippen LogP contribution in [0.1, 0.15) is 43.2 Å². The Morgan fingerprint density at radius 2 is 1.85 bits per heavy atom. The molecular weight excluding hydrogens is 328 g/mol. The van der Waals surface area contributed by atoms with Gasteiger partial charge in [0.05, 0.1) is 12.6 Å². The molecule has 0 aromatic heterocycles. The molecule has 1 aliphatic carbocycles. The summed E-state index contributed by atoms with van der Waals surface area (Å²) < 4.78 is 0. The van der Waals surface area contributed by atoms with E-state index in [1.807, 2.05) is 12.1 Å². The summed E-state index contributed by atoms with van der Waals surface area (Å²) in [5.41, 5.74) is 3.60. The lowest BCUT2D eigenvalue weighted by Crippen LogP contribution is -2.50. The molecule has 4 rings (SSSR count). The third-order valence-corrected chi connectivity index (χ3v) is 5.94. The van der Waals surface area contributed by atoms with Gasteiger partial charge in [-0.3, -0.25) is 9.59 Å². The number of aliphatic hydroxyl groups excluding tert-OH is 1. The van der Waals surface area contributed by atoms with Crippen molar-refractivity contribution in [1.82, 2.24) is 9.80 Å². The van der Waals surface area contributed by atoms with Crippen LogP contribution in [0.2, 0.25) is 0 Å². The van der Waals surface area contributed by atoms with E-state index in [9.17, 15) is 14.7 Å². The average molecular weight is 354 g/mol. The van der Waals surface area contributed by atoms with Gasteiger partial charge in [0.15, 0.2) is 0 Å². The van der Waals surface area contributed by atoms with Gasteiger partial charge in [-0.05, 0) is 43.2 Å². The predicted molar refractivity (Wildman–Crippen MR) is 99.3 cm³/mol. The summed E-state index contributed by atoms with van der Waals surface area (Å²) in [5.74, 6) is 0.0794. The van der Waals surface area contributed by atoms with E-state index >= 15 is 0 Å². The zero-order valence-electron chi connectivity index (χ0n) is 15.1. The van der Waals surface area contributed by atoms with Crippen molar-refractivity contribution in [3.63, 3.8) is 0 Å². The van der Waals surface area contributed by atoms with Crippen molar-refractivity contribution in [3.8, 4) is 0 Å². The van der Waals surface area contributed by atoms with Crippen LogP contribution in [-0.4, -0.2) is 58.5 Å². The normalized spacial score (nSPS) is 24.7. The van der Waals surface area contributed by atoms with Crippen molar-refractivity contribution in [2.24, 2.45) is 0 Å². The molecule has 2 heterocycles. The highest BCUT2D eigenvalue weighted by atomic mass is 16.3. The fraction of sp³-hybridized carbons (Fsp3) is 0.524. The molecule has 2 aliphatic heterocycles. The van der Waals surface area contributed by atoms with Crippen LogP contribution < -0.4 is 0 Å². The quantitative estimate of drug-likeness (QED) is 0.900. The Morgan fingerprint density at radius 1 is 1.08 bits per heavy atom. The van der Waals surface area contributed by atoms with Crippen LogP contribution in [0.4, 0.5) is 0 Å². The van der Waals surface area contributed by atoms with Gasteiger partial charge in [-0.25, -0.2) is 0 Å². The van der Waals surface area contributed by atoms with Gasteiger partial charge >= 0.3 is 0 Å². The molecule has 26 heavy (non-hydrogen) atoms. The van der Waals surface area contributed by atoms with E-state index in [2.05, 4.69) is 18.2 Å². The summed E-state index contributed by atoms with van der Waals surface area (Å²) in [5, 5.41) is 9.50. The summed E-state index contributed by atoms with van der Waals surface area (Å²) >= 11 is 0. The molecule has 0 spiro atoms. The van der Waals surface area contributed by atoms with E-state index in [0.29, 0.717) is 19.5 Å². The third kappa shape index (κ3) is 3.16. The van der Waals surface area contributed by atoms with Crippen molar-refractivity contribution in [3.05, 3.63) is 41.0 Å². The summed E-state index contributed by atoms with van der Waals surface area (Å²) in [6, 6.07) is 7.81. The minimum absolute atomic E-state index is 0.0115. The van der Waals surface area contributed by atoms with Crippen molar-refractivity contribution < 1.29 is 14.7 Å². The minimum atomic E-state index is -0.348. The Balaban J connectivity index is 1.42. The average Bonchev–Trinajstić information content (AvgIpc) is 3.38. The molecule has 0 unspecified atom stereocenters. The molecule has 3 aliphatic rings. The van der Waals surface area contributed by atoms with Gasteiger partial charge in [-0.2, -0.15) is 0 Å². The van der Waals surface area contributed by atoms with Crippen molar-refractivity contribution >= 4 is 17.9 Å². The standard InChI is InChI=1S/C21H26N2O3/c24-14-18-7-3-9-22(18)21(26)19-8-4-10-23(19)20(25)13-15-11-16-5-1-2-6-17(16)12-15/h1-2,5-6,11,18-19,24H,3-4,7-10,12-14H2/t18-,19-/m0/s1. The maximum atomic E-state index is 13.0. The smallest absolute Gasteiger partial charge is 0.245 e. The third-order valence-electron chi connectivity index (χ3n) is 5.94. The second-order valence-corrected chi connectivity index (χ2v) is 7.61. The molecule has 1 N–H and O–H groups in total. The maximum absolute atomic E-state index is 13.0. The highest BCUT2D eigenvalue weighted by molar-refractivity contribution is 5.90. The number of benzene rings is 1. The van der Waals surface area contributed by atoms with Crippen LogP contribution in [-0.2, 0) is 16.0 Å². The molecular formula is C21H26N2O3. The first-order chi connectivity index (χ1) is 12.7. The molecule has 2 fully saturated rings. The molecule has 1 aromatic carbocycles. The Morgan fingerprint density at radius 3 is 2.65 bits per heavy atom. The van der Waals surface area contributed by atoms with Crippen LogP contribution in [0.5, 0.6) is 0 Å². The van der Waals surface area contributed by atoms with Crippen LogP contribution >= 0.6 is 0 Å². The Bertz CT molecular complexity index is 743. The van der Waals surface area contributed by atoms with Crippen molar-refractivity contribution in [1.29, 1.82) is 0 Å². The number of amides is 2. The molecule has 2 amide bonds. The highest BCUT2D eigenvalue weighted by Crippen LogP contribution is 2.29. The lowest BCUT2D eigenvalue weighted by atomic mass is 10.1. The predicted octanol–water partition coefficient (Wildman–Crippen LogP) is 1.99. The van der Waals surface area contributed by atoms with Gasteiger partial charge in [-0.1, -0.05) is 35.9 Å². The number of rotatable bonds is 4. The monoisotopic (exact) mass is 354 g/mol. The van der Waals surface area contributed by atoms with E-state index in [0.717, 1.165) is 37.7 Å². The molecule has 0 bridgehead atoms. The summed E-state index contributed by atoms with van der Waals surface area (Å²) in [6.07, 6.45) is 6.73. The number of hydrogen-bond acceptors (Lipinski definition) is 3. The Labute approximate surface area is 154 Å². The SMILES string of the molecule is O=C([C@@H]1CCCN1C(=O)CC1=Cc2ccccc2C1)N1CCC[C@H]1CO. The molecule has 138 valence electrons. The number of hydrogen-bond donors (Lipinski definition) is 1. The number of fused-ring (bicyclic) bond motifs is 1. The maximum Gasteiger partial charge on any atom is 0.245 e. The van der Waals surface area contributed by atoms with Gasteiger partial charge < -0.3 is 14.9 Å². The van der Waals surface area contributed by atoms with E-state index in [1.54, 1.807) is 9.80 Å². The summed E-state index contributed by atoms with van der Waals surface area (Å²) in [7, 11) is 0. The van der Waals surface area contributed by atoms with E-state index < -0.39 is 0 Å². The van der Waals surface area contributed by atoms with Crippen molar-refractivity contribution in [2.75, 3.05) is 19.7 Å². The lowest BCUT2D eigenvalue weighted by molar-refractivity contribution is -0.144. The van der Waals surface area contributed by atoms with Gasteiger partial charge in [0.25, 0.3) is 0 Å². The van der Waals surface area contributed by atoms with Crippen molar-refractivity contribution in [2.45, 2.75) is 50.6 Å². The van der Waals surface area contributed by atoms with Crippen LogP contribution in [0.25, 0.3) is 6.08 Å². The molecule has 0 radical (unpaired) electrons. The van der Waals surface area contributed by atoms with E-state index in [1.165, 1.54) is 11.1 Å². The number of likely N-dealkylation sites (tertiary alicyclic amines) is 2. The van der Waals surface area contributed by atoms with Crippen LogP contribution in [0.3, 0.4) is 0 Å². The first kappa shape index (κ1) is 17.3. The molecule has 1 aromatic rings. The fourth-order valence-corrected chi connectivity index (χ4v) is 4.59. The minimum Gasteiger partial charge on any atom is -0.394 e. The summed E-state index contributed by atoms with van der Waals surface area (Å²) in [4.78, 5) is 29.4. The summed E-state index contributed by atoms with van der Waals surface area (Å²) in [6.45, 7) is 1.37. The van der Waals surface area contributed by atoms with Crippen LogP contribution in [0, 0.1) is 0 Å². The first-order valence-electron chi connectivity index (χ1n) is 9.65. The van der Waals surface area contributed by atoms with Gasteiger partial charge in [0.1, 0.15) is 6.04 Å². The number of carbonyl (C=O) groups excluding carboxylic acids is 2. The molecule has 0 saturated carbocycles. The van der Waals surface area contributed by atoms with Gasteiger partial charge in [0, 0.05) is 19.5 Å². The second-order valence-electron chi connectivity index (χ2n) is 7.61. The first-order valence-corrected chi connectivity index (χ1v) is 9.65. The topological polar surface area (TPSA) is 60.9 Å². The molecule has 2 saturated heterocycles. The van der Waals surface area contributed by atoms with Crippen LogP contribution in [0.15, 0.2) is 29.8 Å². The largest absolute Gasteiger partial charge is 0.394 e. The lowest BCUT2D eigenvalue weighted by Gasteiger charge is -2.31. The van der Waals surface area contributed by atoms with E-state index in [4.69, 9.17) is 0 Å². The van der Waals surface area contributed by atoms with Gasteiger partial charge in [0.2, 0.25) is 11.8 Å². The Hall–Kier alpha value is -2.14. The molecule has 5 nitrogen and oxygen atoms in total. The molecule has 5 heteroatoms. The Kier molecular flexibility index (Phi) is 4.81. The van der Waals surface area contributed by atoms with E-state index in [-0.39, 0.29) is 30.5 Å². The number of nitrogens with zero attached hydrogens (tertiary/aromatic N) is 2. The fourth-order valence-electron chi connectivity index (χ4n) is 4.59. The number of aliphatic hydroxyl groups is 1. The molecule has 2 atom stereocenters. The second kappa shape index (κ2) is 7.23.